The van der Waals surface area contributed by atoms with Crippen LogP contribution in [0, 0.1) is 0 Å². The number of nitrogens with one attached hydrogen (secondary N) is 1. The summed E-state index contributed by atoms with van der Waals surface area (Å²) in [5.74, 6) is 1.32. The number of aromatic amines is 1. The van der Waals surface area contributed by atoms with E-state index in [1.165, 1.54) is 34.4 Å². The third-order valence-electron chi connectivity index (χ3n) is 2.73. The first-order valence-corrected chi connectivity index (χ1v) is 7.31. The zero-order valence-electron chi connectivity index (χ0n) is 9.42. The van der Waals surface area contributed by atoms with Crippen LogP contribution in [-0.4, -0.2) is 17.0 Å². The molecule has 1 atom stereocenters. The maximum absolute atomic E-state index is 3.35. The molecule has 0 fully saturated rings. The number of hydrogen-bond donors (Lipinski definition) is 1. The fourth-order valence-electron chi connectivity index (χ4n) is 1.80. The SMILES string of the molecule is CCCC[S+](C)c1c[nH]c2ccccc12. The second-order valence-corrected chi connectivity index (χ2v) is 6.02. The van der Waals surface area contributed by atoms with Crippen molar-refractivity contribution in [1.82, 2.24) is 4.98 Å². The molecule has 1 unspecified atom stereocenters. The number of aromatic nitrogens is 1. The van der Waals surface area contributed by atoms with E-state index in [0.717, 1.165) is 0 Å². The summed E-state index contributed by atoms with van der Waals surface area (Å²) in [5, 5.41) is 1.40. The Kier molecular flexibility index (Phi) is 3.37. The van der Waals surface area contributed by atoms with Crippen molar-refractivity contribution in [3.63, 3.8) is 0 Å². The van der Waals surface area contributed by atoms with Crippen LogP contribution in [0.5, 0.6) is 0 Å². The average Bonchev–Trinajstić information content (AvgIpc) is 2.69. The van der Waals surface area contributed by atoms with Crippen molar-refractivity contribution in [2.75, 3.05) is 12.0 Å². The molecule has 0 aliphatic rings. The molecule has 1 aromatic carbocycles. The van der Waals surface area contributed by atoms with E-state index in [0.29, 0.717) is 10.9 Å². The first-order valence-electron chi connectivity index (χ1n) is 5.51. The Morgan fingerprint density at radius 1 is 1.27 bits per heavy atom. The van der Waals surface area contributed by atoms with Gasteiger partial charge in [0.25, 0.3) is 0 Å². The molecular weight excluding hydrogens is 202 g/mol. The van der Waals surface area contributed by atoms with Gasteiger partial charge < -0.3 is 4.98 Å². The smallest absolute Gasteiger partial charge is 0.179 e. The summed E-state index contributed by atoms with van der Waals surface area (Å²) in [6.07, 6.45) is 7.16. The van der Waals surface area contributed by atoms with Gasteiger partial charge in [-0.1, -0.05) is 25.5 Å². The summed E-state index contributed by atoms with van der Waals surface area (Å²) in [4.78, 5) is 4.85. The molecule has 0 saturated carbocycles. The molecule has 0 aliphatic carbocycles. The summed E-state index contributed by atoms with van der Waals surface area (Å²) < 4.78 is 0. The topological polar surface area (TPSA) is 15.8 Å². The van der Waals surface area contributed by atoms with E-state index in [1.54, 1.807) is 0 Å². The predicted molar refractivity (Wildman–Crippen MR) is 69.6 cm³/mol. The lowest BCUT2D eigenvalue weighted by Gasteiger charge is -1.99. The molecule has 2 heteroatoms. The van der Waals surface area contributed by atoms with Crippen LogP contribution < -0.4 is 0 Å². The highest BCUT2D eigenvalue weighted by Crippen LogP contribution is 2.24. The Morgan fingerprint density at radius 3 is 2.87 bits per heavy atom. The van der Waals surface area contributed by atoms with Gasteiger partial charge in [-0.15, -0.1) is 0 Å². The van der Waals surface area contributed by atoms with E-state index in [1.807, 2.05) is 0 Å². The van der Waals surface area contributed by atoms with Gasteiger partial charge in [-0.3, -0.25) is 0 Å². The van der Waals surface area contributed by atoms with Gasteiger partial charge >= 0.3 is 0 Å². The van der Waals surface area contributed by atoms with Crippen LogP contribution in [0.4, 0.5) is 0 Å². The third-order valence-corrected chi connectivity index (χ3v) is 4.72. The summed E-state index contributed by atoms with van der Waals surface area (Å²) in [6, 6.07) is 8.57. The molecular formula is C13H18NS+. The molecule has 15 heavy (non-hydrogen) atoms. The summed E-state index contributed by atoms with van der Waals surface area (Å²) in [5.41, 5.74) is 1.27. The van der Waals surface area contributed by atoms with Crippen LogP contribution in [0.1, 0.15) is 19.8 Å². The molecule has 1 nitrogen and oxygen atoms in total. The van der Waals surface area contributed by atoms with Gasteiger partial charge in [-0.25, -0.2) is 0 Å². The van der Waals surface area contributed by atoms with Crippen molar-refractivity contribution in [3.05, 3.63) is 30.5 Å². The van der Waals surface area contributed by atoms with Gasteiger partial charge in [0.1, 0.15) is 12.0 Å². The molecule has 2 rings (SSSR count). The van der Waals surface area contributed by atoms with E-state index < -0.39 is 0 Å². The number of unbranched alkanes of at least 4 members (excludes halogenated alkanes) is 1. The average molecular weight is 220 g/mol. The standard InChI is InChI=1S/C13H18NS/c1-3-4-9-15(2)13-10-14-12-8-6-5-7-11(12)13/h5-8,10,14H,3-4,9H2,1-2H3/q+1. The summed E-state index contributed by atoms with van der Waals surface area (Å²) in [7, 11) is 0.392. The van der Waals surface area contributed by atoms with E-state index in [4.69, 9.17) is 0 Å². The summed E-state index contributed by atoms with van der Waals surface area (Å²) >= 11 is 0. The van der Waals surface area contributed by atoms with E-state index in [2.05, 4.69) is 48.6 Å². The van der Waals surface area contributed by atoms with Crippen LogP contribution in [-0.2, 0) is 10.9 Å². The zero-order chi connectivity index (χ0) is 10.7. The van der Waals surface area contributed by atoms with Crippen LogP contribution in [0.25, 0.3) is 10.9 Å². The fourth-order valence-corrected chi connectivity index (χ4v) is 3.56. The Hall–Kier alpha value is -0.890. The Morgan fingerprint density at radius 2 is 2.07 bits per heavy atom. The van der Waals surface area contributed by atoms with Crippen molar-refractivity contribution in [2.45, 2.75) is 24.7 Å². The molecule has 0 saturated heterocycles. The predicted octanol–water partition coefficient (Wildman–Crippen LogP) is 3.58. The molecule has 1 heterocycles. The van der Waals surface area contributed by atoms with E-state index in [-0.39, 0.29) is 0 Å². The fraction of sp³-hybridized carbons (Fsp3) is 0.385. The molecule has 1 aromatic heterocycles. The molecule has 0 amide bonds. The van der Waals surface area contributed by atoms with Crippen LogP contribution in [0.15, 0.2) is 35.4 Å². The molecule has 1 N–H and O–H groups in total. The van der Waals surface area contributed by atoms with Crippen LogP contribution in [0.3, 0.4) is 0 Å². The van der Waals surface area contributed by atoms with Crippen molar-refractivity contribution < 1.29 is 0 Å². The number of para-hydroxylation sites is 1. The number of H-pyrrole nitrogens is 1. The van der Waals surface area contributed by atoms with Crippen molar-refractivity contribution in [2.24, 2.45) is 0 Å². The summed E-state index contributed by atoms with van der Waals surface area (Å²) in [6.45, 7) is 2.26. The van der Waals surface area contributed by atoms with Crippen molar-refractivity contribution in [3.8, 4) is 0 Å². The van der Waals surface area contributed by atoms with Crippen LogP contribution in [0.2, 0.25) is 0 Å². The zero-order valence-corrected chi connectivity index (χ0v) is 10.2. The molecule has 2 aromatic rings. The maximum atomic E-state index is 3.35. The van der Waals surface area contributed by atoms with E-state index in [9.17, 15) is 0 Å². The molecule has 80 valence electrons. The minimum atomic E-state index is 0.392. The minimum absolute atomic E-state index is 0.392. The second-order valence-electron chi connectivity index (χ2n) is 3.89. The normalized spacial score (nSPS) is 13.2. The number of rotatable bonds is 4. The minimum Gasteiger partial charge on any atom is -0.357 e. The first kappa shape index (κ1) is 10.6. The Balaban J connectivity index is 2.27. The van der Waals surface area contributed by atoms with Gasteiger partial charge in [-0.05, 0) is 18.6 Å². The van der Waals surface area contributed by atoms with Crippen molar-refractivity contribution >= 4 is 21.8 Å². The highest BCUT2D eigenvalue weighted by atomic mass is 32.2. The lowest BCUT2D eigenvalue weighted by molar-refractivity contribution is 0.893. The highest BCUT2D eigenvalue weighted by molar-refractivity contribution is 7.96. The Bertz CT molecular complexity index is 433. The Labute approximate surface area is 94.2 Å². The number of hydrogen-bond acceptors (Lipinski definition) is 0. The number of fused-ring (bicyclic) bond motifs is 1. The van der Waals surface area contributed by atoms with Gasteiger partial charge in [0, 0.05) is 10.9 Å². The second kappa shape index (κ2) is 4.75. The largest absolute Gasteiger partial charge is 0.357 e. The van der Waals surface area contributed by atoms with Gasteiger partial charge in [0.2, 0.25) is 0 Å². The maximum Gasteiger partial charge on any atom is 0.179 e. The quantitative estimate of drug-likeness (QED) is 0.758. The monoisotopic (exact) mass is 220 g/mol. The van der Waals surface area contributed by atoms with Gasteiger partial charge in [0.05, 0.1) is 17.1 Å². The van der Waals surface area contributed by atoms with Crippen molar-refractivity contribution in [1.29, 1.82) is 0 Å². The van der Waals surface area contributed by atoms with Gasteiger partial charge in [0.15, 0.2) is 4.90 Å². The number of benzene rings is 1. The highest BCUT2D eigenvalue weighted by Gasteiger charge is 2.18. The molecule has 0 aliphatic heterocycles. The van der Waals surface area contributed by atoms with Gasteiger partial charge in [-0.2, -0.15) is 0 Å². The lowest BCUT2D eigenvalue weighted by atomic mass is 10.2. The molecule has 0 spiro atoms. The molecule has 0 bridgehead atoms. The van der Waals surface area contributed by atoms with E-state index >= 15 is 0 Å². The third kappa shape index (κ3) is 2.20. The van der Waals surface area contributed by atoms with Crippen LogP contribution >= 0.6 is 0 Å². The molecule has 0 radical (unpaired) electrons. The lowest BCUT2D eigenvalue weighted by Crippen LogP contribution is -2.04. The first-order chi connectivity index (χ1) is 7.33.